The van der Waals surface area contributed by atoms with Crippen LogP contribution in [0.1, 0.15) is 19.8 Å². The van der Waals surface area contributed by atoms with Gasteiger partial charge in [-0.3, -0.25) is 9.59 Å². The van der Waals surface area contributed by atoms with E-state index in [9.17, 15) is 9.59 Å². The Labute approximate surface area is 82.6 Å². The molecule has 0 fully saturated rings. The summed E-state index contributed by atoms with van der Waals surface area (Å²) in [5.74, 6) is -1.25. The second kappa shape index (κ2) is 6.33. The molecule has 0 aromatic rings. The van der Waals surface area contributed by atoms with Crippen molar-refractivity contribution in [3.05, 3.63) is 0 Å². The van der Waals surface area contributed by atoms with Gasteiger partial charge in [-0.2, -0.15) is 0 Å². The van der Waals surface area contributed by atoms with Crippen molar-refractivity contribution in [2.75, 3.05) is 6.54 Å². The minimum atomic E-state index is -1.35. The Morgan fingerprint density at radius 2 is 2.07 bits per heavy atom. The van der Waals surface area contributed by atoms with E-state index in [-0.39, 0.29) is 12.5 Å². The molecule has 0 saturated heterocycles. The third kappa shape index (κ3) is 4.78. The first kappa shape index (κ1) is 12.9. The zero-order valence-electron chi connectivity index (χ0n) is 8.19. The molecule has 6 N–H and O–H groups in total. The smallest absolute Gasteiger partial charge is 0.248 e. The topological polar surface area (TPSA) is 118 Å². The van der Waals surface area contributed by atoms with Gasteiger partial charge in [-0.15, -0.1) is 0 Å². The molecule has 2 atom stereocenters. The van der Waals surface area contributed by atoms with Crippen molar-refractivity contribution in [1.82, 2.24) is 5.32 Å². The molecule has 0 aromatic heterocycles. The van der Waals surface area contributed by atoms with Crippen molar-refractivity contribution in [3.63, 3.8) is 0 Å². The number of aliphatic hydroxyl groups is 1. The maximum Gasteiger partial charge on any atom is 0.248 e. The van der Waals surface area contributed by atoms with Gasteiger partial charge in [-0.1, -0.05) is 13.3 Å². The Morgan fingerprint density at radius 1 is 1.50 bits per heavy atom. The predicted octanol–water partition coefficient (Wildman–Crippen LogP) is -1.92. The van der Waals surface area contributed by atoms with Crippen molar-refractivity contribution in [3.8, 4) is 0 Å². The first-order valence-electron chi connectivity index (χ1n) is 4.49. The summed E-state index contributed by atoms with van der Waals surface area (Å²) >= 11 is 0. The molecule has 0 aliphatic rings. The second-order valence-corrected chi connectivity index (χ2v) is 3.06. The monoisotopic (exact) mass is 203 g/mol. The lowest BCUT2D eigenvalue weighted by Gasteiger charge is -2.12. The van der Waals surface area contributed by atoms with E-state index < -0.39 is 18.1 Å². The summed E-state index contributed by atoms with van der Waals surface area (Å²) in [5.41, 5.74) is 10.3. The fourth-order valence-electron chi connectivity index (χ4n) is 0.871. The van der Waals surface area contributed by atoms with E-state index >= 15 is 0 Å². The van der Waals surface area contributed by atoms with Crippen LogP contribution in [-0.2, 0) is 9.59 Å². The highest BCUT2D eigenvalue weighted by molar-refractivity contribution is 5.83. The van der Waals surface area contributed by atoms with Gasteiger partial charge < -0.3 is 21.9 Å². The molecule has 0 aromatic carbocycles. The minimum absolute atomic E-state index is 0.189. The molecular formula is C8H17N3O3. The lowest BCUT2D eigenvalue weighted by atomic mass is 10.1. The summed E-state index contributed by atoms with van der Waals surface area (Å²) in [4.78, 5) is 21.6. The zero-order chi connectivity index (χ0) is 11.1. The Balaban J connectivity index is 3.78. The highest BCUT2D eigenvalue weighted by Gasteiger charge is 2.15. The third-order valence-electron chi connectivity index (χ3n) is 1.73. The Bertz CT molecular complexity index is 208. The van der Waals surface area contributed by atoms with Gasteiger partial charge in [-0.05, 0) is 6.42 Å². The number of amides is 2. The molecule has 0 aliphatic carbocycles. The number of nitrogens with two attached hydrogens (primary N) is 2. The van der Waals surface area contributed by atoms with Gasteiger partial charge in [0.15, 0.2) is 0 Å². The van der Waals surface area contributed by atoms with Gasteiger partial charge in [0, 0.05) is 0 Å². The van der Waals surface area contributed by atoms with Gasteiger partial charge in [0.05, 0.1) is 12.6 Å². The summed E-state index contributed by atoms with van der Waals surface area (Å²) < 4.78 is 0. The largest absolute Gasteiger partial charge is 0.381 e. The van der Waals surface area contributed by atoms with Gasteiger partial charge in [0.25, 0.3) is 0 Å². The van der Waals surface area contributed by atoms with Crippen LogP contribution < -0.4 is 16.8 Å². The summed E-state index contributed by atoms with van der Waals surface area (Å²) in [6.45, 7) is 1.72. The molecule has 14 heavy (non-hydrogen) atoms. The number of rotatable bonds is 6. The van der Waals surface area contributed by atoms with Crippen molar-refractivity contribution < 1.29 is 14.7 Å². The molecule has 6 heteroatoms. The van der Waals surface area contributed by atoms with E-state index in [2.05, 4.69) is 5.32 Å². The van der Waals surface area contributed by atoms with Gasteiger partial charge in [0.2, 0.25) is 11.8 Å². The van der Waals surface area contributed by atoms with E-state index in [4.69, 9.17) is 16.6 Å². The second-order valence-electron chi connectivity index (χ2n) is 3.06. The molecule has 2 amide bonds. The molecule has 0 aliphatic heterocycles. The number of primary amides is 1. The number of carbonyl (C=O) groups excluding carboxylic acids is 2. The van der Waals surface area contributed by atoms with Crippen molar-refractivity contribution in [2.45, 2.75) is 31.9 Å². The standard InChI is InChI=1S/C8H17N3O3/c1-2-3-5(9)8(14)11-4-6(12)7(10)13/h5-6,12H,2-4,9H2,1H3,(H2,10,13)(H,11,14). The highest BCUT2D eigenvalue weighted by Crippen LogP contribution is 1.92. The molecule has 0 bridgehead atoms. The summed E-state index contributed by atoms with van der Waals surface area (Å²) in [6, 6.07) is -0.597. The van der Waals surface area contributed by atoms with Gasteiger partial charge in [-0.25, -0.2) is 0 Å². The Morgan fingerprint density at radius 3 is 2.50 bits per heavy atom. The van der Waals surface area contributed by atoms with Crippen LogP contribution in [0.3, 0.4) is 0 Å². The Kier molecular flexibility index (Phi) is 5.82. The van der Waals surface area contributed by atoms with Crippen LogP contribution >= 0.6 is 0 Å². The zero-order valence-corrected chi connectivity index (χ0v) is 8.19. The third-order valence-corrected chi connectivity index (χ3v) is 1.73. The van der Waals surface area contributed by atoms with Crippen molar-refractivity contribution >= 4 is 11.8 Å². The SMILES string of the molecule is CCCC(N)C(=O)NCC(O)C(N)=O. The molecule has 0 spiro atoms. The van der Waals surface area contributed by atoms with Crippen LogP contribution in [0.25, 0.3) is 0 Å². The van der Waals surface area contributed by atoms with E-state index in [0.717, 1.165) is 6.42 Å². The molecule has 0 heterocycles. The van der Waals surface area contributed by atoms with Crippen LogP contribution in [0.4, 0.5) is 0 Å². The fourth-order valence-corrected chi connectivity index (χ4v) is 0.871. The van der Waals surface area contributed by atoms with Crippen LogP contribution in [0.2, 0.25) is 0 Å². The van der Waals surface area contributed by atoms with Crippen LogP contribution in [0, 0.1) is 0 Å². The maximum atomic E-state index is 11.2. The summed E-state index contributed by atoms with van der Waals surface area (Å²) in [5, 5.41) is 11.3. The average Bonchev–Trinajstić information content (AvgIpc) is 2.13. The minimum Gasteiger partial charge on any atom is -0.381 e. The quantitative estimate of drug-likeness (QED) is 0.402. The number of hydrogen-bond donors (Lipinski definition) is 4. The van der Waals surface area contributed by atoms with E-state index in [1.54, 1.807) is 0 Å². The lowest BCUT2D eigenvalue weighted by molar-refractivity contribution is -0.127. The summed E-state index contributed by atoms with van der Waals surface area (Å²) in [7, 11) is 0. The van der Waals surface area contributed by atoms with Crippen LogP contribution in [-0.4, -0.2) is 35.6 Å². The van der Waals surface area contributed by atoms with E-state index in [0.29, 0.717) is 6.42 Å². The first-order valence-corrected chi connectivity index (χ1v) is 4.49. The maximum absolute atomic E-state index is 11.2. The van der Waals surface area contributed by atoms with Gasteiger partial charge in [0.1, 0.15) is 6.10 Å². The van der Waals surface area contributed by atoms with E-state index in [1.807, 2.05) is 6.92 Å². The highest BCUT2D eigenvalue weighted by atomic mass is 16.3. The number of carbonyl (C=O) groups is 2. The molecule has 2 unspecified atom stereocenters. The fraction of sp³-hybridized carbons (Fsp3) is 0.750. The predicted molar refractivity (Wildman–Crippen MR) is 51.1 cm³/mol. The summed E-state index contributed by atoms with van der Waals surface area (Å²) in [6.07, 6.45) is 0.0126. The molecule has 0 rings (SSSR count). The number of hydrogen-bond acceptors (Lipinski definition) is 4. The number of nitrogens with one attached hydrogen (secondary N) is 1. The van der Waals surface area contributed by atoms with Crippen LogP contribution in [0.5, 0.6) is 0 Å². The van der Waals surface area contributed by atoms with Crippen molar-refractivity contribution in [1.29, 1.82) is 0 Å². The molecule has 0 radical (unpaired) electrons. The van der Waals surface area contributed by atoms with Crippen molar-refractivity contribution in [2.24, 2.45) is 11.5 Å². The Hall–Kier alpha value is -1.14. The average molecular weight is 203 g/mol. The number of aliphatic hydroxyl groups excluding tert-OH is 1. The normalized spacial score (nSPS) is 14.5. The van der Waals surface area contributed by atoms with Gasteiger partial charge >= 0.3 is 0 Å². The molecule has 82 valence electrons. The van der Waals surface area contributed by atoms with E-state index in [1.165, 1.54) is 0 Å². The lowest BCUT2D eigenvalue weighted by Crippen LogP contribution is -2.46. The molecule has 0 saturated carbocycles. The molecule has 6 nitrogen and oxygen atoms in total. The first-order chi connectivity index (χ1) is 6.49. The molecular weight excluding hydrogens is 186 g/mol. The van der Waals surface area contributed by atoms with Crippen LogP contribution in [0.15, 0.2) is 0 Å².